The quantitative estimate of drug-likeness (QED) is 0.577. The molecule has 1 aromatic rings. The summed E-state index contributed by atoms with van der Waals surface area (Å²) in [6.45, 7) is 3.13. The normalized spacial score (nSPS) is 10.8. The molecule has 1 rings (SSSR count). The minimum atomic E-state index is -3.79. The highest BCUT2D eigenvalue weighted by atomic mass is 35.5. The van der Waals surface area contributed by atoms with E-state index in [9.17, 15) is 8.42 Å². The molecular formula is C8H7ClO3S. The van der Waals surface area contributed by atoms with Gasteiger partial charge in [0.05, 0.1) is 0 Å². The zero-order valence-electron chi connectivity index (χ0n) is 6.60. The van der Waals surface area contributed by atoms with E-state index in [-0.39, 0.29) is 10.1 Å². The van der Waals surface area contributed by atoms with Crippen LogP contribution in [0.15, 0.2) is 47.0 Å². The summed E-state index contributed by atoms with van der Waals surface area (Å²) in [6, 6.07) is 7.71. The summed E-state index contributed by atoms with van der Waals surface area (Å²) in [7, 11) is -3.79. The predicted molar refractivity (Wildman–Crippen MR) is 49.7 cm³/mol. The fraction of sp³-hybridized carbons (Fsp3) is 0. The Kier molecular flexibility index (Phi) is 2.95. The molecule has 0 heterocycles. The summed E-state index contributed by atoms with van der Waals surface area (Å²) < 4.78 is 26.9. The number of halogens is 1. The molecular weight excluding hydrogens is 212 g/mol. The van der Waals surface area contributed by atoms with Crippen LogP contribution in [-0.4, -0.2) is 8.42 Å². The molecule has 1 aromatic carbocycles. The molecule has 0 aliphatic heterocycles. The lowest BCUT2D eigenvalue weighted by Gasteiger charge is -2.03. The highest BCUT2D eigenvalue weighted by molar-refractivity contribution is 7.87. The molecule has 5 heteroatoms. The predicted octanol–water partition coefficient (Wildman–Crippen LogP) is 2.10. The van der Waals surface area contributed by atoms with Crippen molar-refractivity contribution in [3.63, 3.8) is 0 Å². The van der Waals surface area contributed by atoms with Gasteiger partial charge in [-0.3, -0.25) is 0 Å². The first-order chi connectivity index (χ1) is 6.02. The minimum absolute atomic E-state index is 0.0526. The van der Waals surface area contributed by atoms with E-state index in [2.05, 4.69) is 10.8 Å². The third-order valence-electron chi connectivity index (χ3n) is 1.23. The highest BCUT2D eigenvalue weighted by Crippen LogP contribution is 2.15. The first-order valence-electron chi connectivity index (χ1n) is 3.36. The van der Waals surface area contributed by atoms with Gasteiger partial charge in [-0.15, -0.1) is 0 Å². The fourth-order valence-electron chi connectivity index (χ4n) is 0.754. The van der Waals surface area contributed by atoms with Gasteiger partial charge in [0.25, 0.3) is 0 Å². The molecule has 0 saturated heterocycles. The van der Waals surface area contributed by atoms with E-state index in [4.69, 9.17) is 11.6 Å². The molecule has 3 nitrogen and oxygen atoms in total. The second-order valence-corrected chi connectivity index (χ2v) is 4.17. The first-order valence-corrected chi connectivity index (χ1v) is 5.15. The van der Waals surface area contributed by atoms with Gasteiger partial charge >= 0.3 is 10.1 Å². The van der Waals surface area contributed by atoms with Crippen molar-refractivity contribution >= 4 is 21.7 Å². The molecule has 0 aliphatic carbocycles. The minimum Gasteiger partial charge on any atom is -0.367 e. The molecule has 70 valence electrons. The lowest BCUT2D eigenvalue weighted by Crippen LogP contribution is -2.03. The molecule has 0 unspecified atom stereocenters. The van der Waals surface area contributed by atoms with Crippen molar-refractivity contribution < 1.29 is 12.6 Å². The van der Waals surface area contributed by atoms with Crippen molar-refractivity contribution in [3.05, 3.63) is 42.1 Å². The number of hydrogen-bond acceptors (Lipinski definition) is 3. The molecule has 13 heavy (non-hydrogen) atoms. The van der Waals surface area contributed by atoms with Crippen LogP contribution in [0.2, 0.25) is 0 Å². The third-order valence-corrected chi connectivity index (χ3v) is 2.67. The standard InChI is InChI=1S/C8H7ClO3S/c1-7(9)12-13(10,11)8-5-3-2-4-6-8/h2-6H,1H2. The summed E-state index contributed by atoms with van der Waals surface area (Å²) in [4.78, 5) is 0.0526. The number of hydrogen-bond donors (Lipinski definition) is 0. The molecule has 0 N–H and O–H groups in total. The van der Waals surface area contributed by atoms with Crippen molar-refractivity contribution in [3.8, 4) is 0 Å². The highest BCUT2D eigenvalue weighted by Gasteiger charge is 2.15. The fourth-order valence-corrected chi connectivity index (χ4v) is 1.83. The van der Waals surface area contributed by atoms with Crippen molar-refractivity contribution in [2.45, 2.75) is 4.90 Å². The second kappa shape index (κ2) is 3.81. The van der Waals surface area contributed by atoms with Crippen molar-refractivity contribution in [1.29, 1.82) is 0 Å². The Hall–Kier alpha value is -1.00. The Balaban J connectivity index is 3.02. The van der Waals surface area contributed by atoms with E-state index in [0.29, 0.717) is 0 Å². The summed E-state index contributed by atoms with van der Waals surface area (Å²) in [6.07, 6.45) is 0. The van der Waals surface area contributed by atoms with E-state index < -0.39 is 10.1 Å². The Morgan fingerprint density at radius 3 is 2.31 bits per heavy atom. The van der Waals surface area contributed by atoms with Gasteiger partial charge in [-0.1, -0.05) is 18.2 Å². The topological polar surface area (TPSA) is 43.4 Å². The average molecular weight is 219 g/mol. The SMILES string of the molecule is C=C(Cl)OS(=O)(=O)c1ccccc1. The molecule has 0 radical (unpaired) electrons. The van der Waals surface area contributed by atoms with Crippen LogP contribution in [0.5, 0.6) is 0 Å². The van der Waals surface area contributed by atoms with Crippen molar-refractivity contribution in [1.82, 2.24) is 0 Å². The van der Waals surface area contributed by atoms with E-state index in [1.807, 2.05) is 0 Å². The van der Waals surface area contributed by atoms with Gasteiger partial charge in [0, 0.05) is 0 Å². The van der Waals surface area contributed by atoms with Crippen LogP contribution in [0, 0.1) is 0 Å². The largest absolute Gasteiger partial charge is 0.367 e. The van der Waals surface area contributed by atoms with Gasteiger partial charge in [-0.05, 0) is 30.3 Å². The summed E-state index contributed by atoms with van der Waals surface area (Å²) in [5.41, 5.74) is 0. The van der Waals surface area contributed by atoms with Crippen LogP contribution in [-0.2, 0) is 14.3 Å². The third kappa shape index (κ3) is 2.75. The van der Waals surface area contributed by atoms with Gasteiger partial charge in [-0.25, -0.2) is 0 Å². The maximum atomic E-state index is 11.3. The van der Waals surface area contributed by atoms with E-state index in [1.54, 1.807) is 18.2 Å². The molecule has 0 aliphatic rings. The number of rotatable bonds is 3. The van der Waals surface area contributed by atoms with Crippen molar-refractivity contribution in [2.75, 3.05) is 0 Å². The summed E-state index contributed by atoms with van der Waals surface area (Å²) in [5.74, 6) is 0. The lowest BCUT2D eigenvalue weighted by molar-refractivity contribution is 0.433. The lowest BCUT2D eigenvalue weighted by atomic mass is 10.4. The van der Waals surface area contributed by atoms with Gasteiger partial charge in [-0.2, -0.15) is 8.42 Å². The zero-order valence-corrected chi connectivity index (χ0v) is 8.18. The molecule has 0 bridgehead atoms. The summed E-state index contributed by atoms with van der Waals surface area (Å²) in [5, 5.41) is -0.371. The van der Waals surface area contributed by atoms with Crippen LogP contribution in [0.25, 0.3) is 0 Å². The Morgan fingerprint density at radius 2 is 1.85 bits per heavy atom. The van der Waals surface area contributed by atoms with Crippen LogP contribution < -0.4 is 0 Å². The van der Waals surface area contributed by atoms with E-state index in [0.717, 1.165) is 0 Å². The maximum absolute atomic E-state index is 11.3. The van der Waals surface area contributed by atoms with Crippen LogP contribution in [0.1, 0.15) is 0 Å². The second-order valence-electron chi connectivity index (χ2n) is 2.21. The molecule has 0 amide bonds. The maximum Gasteiger partial charge on any atom is 0.340 e. The molecule has 0 spiro atoms. The van der Waals surface area contributed by atoms with Crippen LogP contribution in [0.3, 0.4) is 0 Å². The van der Waals surface area contributed by atoms with Gasteiger partial charge < -0.3 is 4.18 Å². The summed E-state index contributed by atoms with van der Waals surface area (Å²) >= 11 is 5.22. The van der Waals surface area contributed by atoms with Gasteiger partial charge in [0.15, 0.2) is 0 Å². The molecule has 0 saturated carbocycles. The Morgan fingerprint density at radius 1 is 1.31 bits per heavy atom. The number of benzene rings is 1. The van der Waals surface area contributed by atoms with Crippen LogP contribution >= 0.6 is 11.6 Å². The zero-order chi connectivity index (χ0) is 9.90. The van der Waals surface area contributed by atoms with Crippen molar-refractivity contribution in [2.24, 2.45) is 0 Å². The first kappa shape index (κ1) is 10.1. The van der Waals surface area contributed by atoms with E-state index >= 15 is 0 Å². The monoisotopic (exact) mass is 218 g/mol. The molecule has 0 fully saturated rings. The Bertz CT molecular complexity index is 397. The van der Waals surface area contributed by atoms with Gasteiger partial charge in [0.1, 0.15) is 4.90 Å². The smallest absolute Gasteiger partial charge is 0.340 e. The average Bonchev–Trinajstić information content (AvgIpc) is 2.04. The molecule has 0 atom stereocenters. The van der Waals surface area contributed by atoms with Crippen LogP contribution in [0.4, 0.5) is 0 Å². The molecule has 0 aromatic heterocycles. The van der Waals surface area contributed by atoms with Gasteiger partial charge in [0.2, 0.25) is 5.22 Å². The van der Waals surface area contributed by atoms with E-state index in [1.165, 1.54) is 12.1 Å². The Labute approximate surface area is 81.7 Å².